The molecule has 8 heteroatoms. The number of fused-ring (bicyclic) bond motifs is 1. The molecule has 0 atom stereocenters. The molecule has 0 unspecified atom stereocenters. The van der Waals surface area contributed by atoms with E-state index < -0.39 is 17.2 Å². The Labute approximate surface area is 158 Å². The third kappa shape index (κ3) is 3.57. The molecule has 0 radical (unpaired) electrons. The number of aromatic nitrogens is 4. The molecule has 3 aromatic heterocycles. The molecule has 6 nitrogen and oxygen atoms in total. The molecular formula is C20H15F2N5O. The smallest absolute Gasteiger partial charge is 0.248 e. The summed E-state index contributed by atoms with van der Waals surface area (Å²) in [7, 11) is 0. The van der Waals surface area contributed by atoms with Crippen molar-refractivity contribution in [1.29, 1.82) is 0 Å². The highest BCUT2D eigenvalue weighted by molar-refractivity contribution is 5.82. The van der Waals surface area contributed by atoms with Crippen LogP contribution in [0.4, 0.5) is 14.6 Å². The van der Waals surface area contributed by atoms with Crippen molar-refractivity contribution in [2.75, 3.05) is 4.90 Å². The average Bonchev–Trinajstić information content (AvgIpc) is 2.72. The average molecular weight is 379 g/mol. The van der Waals surface area contributed by atoms with Crippen LogP contribution in [0.25, 0.3) is 10.9 Å². The van der Waals surface area contributed by atoms with Crippen molar-refractivity contribution in [3.63, 3.8) is 0 Å². The molecule has 1 N–H and O–H groups in total. The first-order chi connectivity index (χ1) is 13.6. The number of hydrogen-bond donors (Lipinski definition) is 1. The minimum Gasteiger partial charge on any atom is -0.345 e. The van der Waals surface area contributed by atoms with Gasteiger partial charge in [-0.15, -0.1) is 0 Å². The zero-order chi connectivity index (χ0) is 19.5. The maximum Gasteiger partial charge on any atom is 0.248 e. The molecule has 0 spiro atoms. The van der Waals surface area contributed by atoms with Crippen LogP contribution >= 0.6 is 0 Å². The van der Waals surface area contributed by atoms with Crippen LogP contribution in [0.5, 0.6) is 0 Å². The van der Waals surface area contributed by atoms with Gasteiger partial charge in [-0.3, -0.25) is 14.8 Å². The van der Waals surface area contributed by atoms with E-state index in [2.05, 4.69) is 19.9 Å². The molecule has 0 fully saturated rings. The van der Waals surface area contributed by atoms with Gasteiger partial charge in [-0.25, -0.2) is 13.8 Å². The van der Waals surface area contributed by atoms with Crippen molar-refractivity contribution in [2.45, 2.75) is 13.1 Å². The molecule has 0 bridgehead atoms. The Morgan fingerprint density at radius 3 is 2.64 bits per heavy atom. The van der Waals surface area contributed by atoms with E-state index >= 15 is 0 Å². The summed E-state index contributed by atoms with van der Waals surface area (Å²) in [5.74, 6) is -1.52. The monoisotopic (exact) mass is 379 g/mol. The lowest BCUT2D eigenvalue weighted by atomic mass is 10.1. The summed E-state index contributed by atoms with van der Waals surface area (Å²) in [6.45, 7) is 0.637. The number of halogens is 2. The van der Waals surface area contributed by atoms with Crippen LogP contribution in [0, 0.1) is 11.6 Å². The number of hydrogen-bond acceptors (Lipinski definition) is 5. The van der Waals surface area contributed by atoms with E-state index in [1.807, 2.05) is 23.1 Å². The minimum absolute atomic E-state index is 0.153. The van der Waals surface area contributed by atoms with E-state index in [0.29, 0.717) is 23.3 Å². The van der Waals surface area contributed by atoms with Crippen LogP contribution in [-0.2, 0) is 13.1 Å². The lowest BCUT2D eigenvalue weighted by Gasteiger charge is -2.23. The van der Waals surface area contributed by atoms with Gasteiger partial charge in [0.05, 0.1) is 24.0 Å². The molecule has 4 aromatic rings. The minimum atomic E-state index is -1.08. The number of benzene rings is 1. The molecule has 0 saturated heterocycles. The Kier molecular flexibility index (Phi) is 4.76. The highest BCUT2D eigenvalue weighted by atomic mass is 19.2. The number of nitrogens with one attached hydrogen (secondary N) is 1. The Bertz CT molecular complexity index is 1170. The molecule has 0 saturated carbocycles. The van der Waals surface area contributed by atoms with E-state index in [1.54, 1.807) is 24.8 Å². The van der Waals surface area contributed by atoms with Crippen molar-refractivity contribution in [1.82, 2.24) is 19.9 Å². The predicted octanol–water partition coefficient (Wildman–Crippen LogP) is 3.20. The zero-order valence-corrected chi connectivity index (χ0v) is 14.6. The molecule has 0 amide bonds. The number of rotatable bonds is 5. The van der Waals surface area contributed by atoms with Gasteiger partial charge in [-0.2, -0.15) is 0 Å². The van der Waals surface area contributed by atoms with Gasteiger partial charge in [0.15, 0.2) is 11.6 Å². The van der Waals surface area contributed by atoms with Gasteiger partial charge in [-0.1, -0.05) is 6.07 Å². The first-order valence-corrected chi connectivity index (χ1v) is 8.52. The van der Waals surface area contributed by atoms with Crippen LogP contribution in [-0.4, -0.2) is 19.9 Å². The fourth-order valence-electron chi connectivity index (χ4n) is 3.03. The van der Waals surface area contributed by atoms with E-state index in [9.17, 15) is 13.6 Å². The maximum atomic E-state index is 14.2. The zero-order valence-electron chi connectivity index (χ0n) is 14.6. The van der Waals surface area contributed by atoms with Gasteiger partial charge in [0.1, 0.15) is 5.82 Å². The Balaban J connectivity index is 1.79. The third-order valence-electron chi connectivity index (χ3n) is 4.31. The van der Waals surface area contributed by atoms with Crippen LogP contribution in [0.2, 0.25) is 0 Å². The molecule has 3 heterocycles. The second kappa shape index (κ2) is 7.51. The van der Waals surface area contributed by atoms with Crippen LogP contribution in [0.3, 0.4) is 0 Å². The van der Waals surface area contributed by atoms with E-state index in [1.165, 1.54) is 12.1 Å². The Morgan fingerprint density at radius 2 is 1.89 bits per heavy atom. The van der Waals surface area contributed by atoms with Crippen molar-refractivity contribution in [3.05, 3.63) is 94.4 Å². The maximum absolute atomic E-state index is 14.2. The van der Waals surface area contributed by atoms with Crippen molar-refractivity contribution in [2.24, 2.45) is 0 Å². The first kappa shape index (κ1) is 17.7. The lowest BCUT2D eigenvalue weighted by molar-refractivity contribution is 0.515. The van der Waals surface area contributed by atoms with Gasteiger partial charge >= 0.3 is 0 Å². The largest absolute Gasteiger partial charge is 0.345 e. The summed E-state index contributed by atoms with van der Waals surface area (Å²) in [6.07, 6.45) is 6.40. The molecule has 28 heavy (non-hydrogen) atoms. The van der Waals surface area contributed by atoms with Crippen LogP contribution in [0.15, 0.2) is 66.0 Å². The summed E-state index contributed by atoms with van der Waals surface area (Å²) >= 11 is 0. The van der Waals surface area contributed by atoms with E-state index in [4.69, 9.17) is 0 Å². The standard InChI is InChI=1S/C20H15F2N5O/c21-16-5-4-15-13(9-18(28)26-20(15)19(16)22)11-27(17-10-23-7-8-25-17)12-14-3-1-2-6-24-14/h1-10H,11-12H2,(H,26,28). The number of H-pyrrole nitrogens is 1. The fraction of sp³-hybridized carbons (Fsp3) is 0.100. The Hall–Kier alpha value is -3.68. The van der Waals surface area contributed by atoms with Gasteiger partial charge in [0.25, 0.3) is 0 Å². The SMILES string of the molecule is O=c1cc(CN(Cc2ccccn2)c2cnccn2)c2ccc(F)c(F)c2[nH]1. The third-order valence-corrected chi connectivity index (χ3v) is 4.31. The molecule has 4 rings (SSSR count). The number of aromatic amines is 1. The topological polar surface area (TPSA) is 74.8 Å². The molecular weight excluding hydrogens is 364 g/mol. The number of pyridine rings is 2. The number of nitrogens with zero attached hydrogens (tertiary/aromatic N) is 4. The number of anilines is 1. The normalized spacial score (nSPS) is 10.9. The van der Waals surface area contributed by atoms with Gasteiger partial charge < -0.3 is 9.88 Å². The Morgan fingerprint density at radius 1 is 1.00 bits per heavy atom. The summed E-state index contributed by atoms with van der Waals surface area (Å²) in [4.78, 5) is 29.0. The molecule has 140 valence electrons. The first-order valence-electron chi connectivity index (χ1n) is 8.52. The molecule has 0 aliphatic rings. The van der Waals surface area contributed by atoms with Crippen LogP contribution < -0.4 is 10.5 Å². The fourth-order valence-corrected chi connectivity index (χ4v) is 3.03. The second-order valence-corrected chi connectivity index (χ2v) is 6.18. The molecule has 1 aromatic carbocycles. The summed E-state index contributed by atoms with van der Waals surface area (Å²) in [5, 5.41) is 0.424. The summed E-state index contributed by atoms with van der Waals surface area (Å²) < 4.78 is 27.8. The predicted molar refractivity (Wildman–Crippen MR) is 101 cm³/mol. The summed E-state index contributed by atoms with van der Waals surface area (Å²) in [5.41, 5.74) is 0.669. The second-order valence-electron chi connectivity index (χ2n) is 6.18. The van der Waals surface area contributed by atoms with Gasteiger partial charge in [0, 0.05) is 36.6 Å². The summed E-state index contributed by atoms with van der Waals surface area (Å²) in [6, 6.07) is 9.44. The van der Waals surface area contributed by atoms with Crippen molar-refractivity contribution >= 4 is 16.7 Å². The van der Waals surface area contributed by atoms with Gasteiger partial charge in [0.2, 0.25) is 5.56 Å². The van der Waals surface area contributed by atoms with Crippen molar-refractivity contribution < 1.29 is 8.78 Å². The highest BCUT2D eigenvalue weighted by Gasteiger charge is 2.16. The quantitative estimate of drug-likeness (QED) is 0.576. The molecule has 0 aliphatic carbocycles. The van der Waals surface area contributed by atoms with Crippen LogP contribution in [0.1, 0.15) is 11.3 Å². The molecule has 0 aliphatic heterocycles. The van der Waals surface area contributed by atoms with Gasteiger partial charge in [-0.05, 0) is 29.8 Å². The van der Waals surface area contributed by atoms with E-state index in [-0.39, 0.29) is 12.1 Å². The highest BCUT2D eigenvalue weighted by Crippen LogP contribution is 2.23. The van der Waals surface area contributed by atoms with E-state index in [0.717, 1.165) is 11.8 Å². The van der Waals surface area contributed by atoms with Crippen molar-refractivity contribution in [3.8, 4) is 0 Å². The lowest BCUT2D eigenvalue weighted by Crippen LogP contribution is -2.25.